The molecule has 0 aliphatic heterocycles. The molecule has 0 saturated heterocycles. The zero-order chi connectivity index (χ0) is 10.6. The summed E-state index contributed by atoms with van der Waals surface area (Å²) >= 11 is 1.62. The zero-order valence-corrected chi connectivity index (χ0v) is 8.82. The Morgan fingerprint density at radius 3 is 2.79 bits per heavy atom. The third kappa shape index (κ3) is 8.99. The van der Waals surface area contributed by atoms with E-state index in [0.717, 1.165) is 5.75 Å². The molecule has 0 aliphatic carbocycles. The molecule has 3 nitrogen and oxygen atoms in total. The average molecular weight is 210 g/mol. The molecule has 0 aromatic rings. The number of thioether (sulfide) groups is 1. The summed E-state index contributed by atoms with van der Waals surface area (Å²) in [4.78, 5) is 11.1. The summed E-state index contributed by atoms with van der Waals surface area (Å²) in [6.07, 6.45) is 10.1. The van der Waals surface area contributed by atoms with Crippen molar-refractivity contribution in [1.82, 2.24) is 10.6 Å². The van der Waals surface area contributed by atoms with Gasteiger partial charge in [0, 0.05) is 12.3 Å². The highest BCUT2D eigenvalue weighted by molar-refractivity contribution is 7.99. The van der Waals surface area contributed by atoms with E-state index < -0.39 is 0 Å². The van der Waals surface area contributed by atoms with E-state index in [0.29, 0.717) is 18.8 Å². The van der Waals surface area contributed by atoms with E-state index in [9.17, 15) is 4.79 Å². The summed E-state index contributed by atoms with van der Waals surface area (Å²) in [6, 6.07) is 0. The third-order valence-electron chi connectivity index (χ3n) is 1.27. The Morgan fingerprint density at radius 1 is 1.36 bits per heavy atom. The minimum atomic E-state index is -0.0402. The molecule has 1 amide bonds. The van der Waals surface area contributed by atoms with Crippen LogP contribution in [0, 0.1) is 24.7 Å². The Hall–Kier alpha value is -1.10. The van der Waals surface area contributed by atoms with Crippen molar-refractivity contribution in [1.29, 1.82) is 0 Å². The summed E-state index contributed by atoms with van der Waals surface area (Å²) in [5.41, 5.74) is 0. The average Bonchev–Trinajstić information content (AvgIpc) is 2.18. The van der Waals surface area contributed by atoms with Crippen LogP contribution in [0.4, 0.5) is 0 Å². The Kier molecular flexibility index (Phi) is 9.20. The first-order valence-electron chi connectivity index (χ1n) is 4.23. The number of hydrogen-bond donors (Lipinski definition) is 2. The Labute approximate surface area is 89.4 Å². The van der Waals surface area contributed by atoms with E-state index in [-0.39, 0.29) is 12.5 Å². The number of carbonyl (C=O) groups is 1. The summed E-state index contributed by atoms with van der Waals surface area (Å²) in [5.74, 6) is 6.39. The molecule has 2 N–H and O–H groups in total. The first-order valence-corrected chi connectivity index (χ1v) is 5.38. The SMILES string of the molecule is C#CCNCC(=O)NCCSCC#C. The molecule has 0 aromatic carbocycles. The van der Waals surface area contributed by atoms with Gasteiger partial charge in [-0.05, 0) is 0 Å². The Morgan fingerprint density at radius 2 is 2.14 bits per heavy atom. The zero-order valence-electron chi connectivity index (χ0n) is 8.01. The minimum absolute atomic E-state index is 0.0402. The van der Waals surface area contributed by atoms with Crippen LogP contribution < -0.4 is 10.6 Å². The van der Waals surface area contributed by atoms with Crippen molar-refractivity contribution in [2.24, 2.45) is 0 Å². The van der Waals surface area contributed by atoms with Crippen LogP contribution in [-0.2, 0) is 4.79 Å². The molecule has 0 fully saturated rings. The van der Waals surface area contributed by atoms with Crippen LogP contribution in [0.5, 0.6) is 0 Å². The lowest BCUT2D eigenvalue weighted by Crippen LogP contribution is -2.35. The van der Waals surface area contributed by atoms with Gasteiger partial charge in [0.1, 0.15) is 0 Å². The maximum atomic E-state index is 11.1. The fraction of sp³-hybridized carbons (Fsp3) is 0.500. The lowest BCUT2D eigenvalue weighted by molar-refractivity contribution is -0.120. The van der Waals surface area contributed by atoms with Gasteiger partial charge >= 0.3 is 0 Å². The molecular weight excluding hydrogens is 196 g/mol. The lowest BCUT2D eigenvalue weighted by Gasteiger charge is -2.03. The van der Waals surface area contributed by atoms with Crippen molar-refractivity contribution in [2.45, 2.75) is 0 Å². The van der Waals surface area contributed by atoms with Gasteiger partial charge in [0.2, 0.25) is 5.91 Å². The van der Waals surface area contributed by atoms with Crippen LogP contribution in [0.25, 0.3) is 0 Å². The van der Waals surface area contributed by atoms with Gasteiger partial charge in [0.15, 0.2) is 0 Å². The molecule has 0 spiro atoms. The molecule has 0 aromatic heterocycles. The van der Waals surface area contributed by atoms with E-state index in [1.54, 1.807) is 11.8 Å². The van der Waals surface area contributed by atoms with Crippen molar-refractivity contribution in [3.05, 3.63) is 0 Å². The Bertz CT molecular complexity index is 239. The highest BCUT2D eigenvalue weighted by Crippen LogP contribution is 1.94. The monoisotopic (exact) mass is 210 g/mol. The second kappa shape index (κ2) is 9.98. The van der Waals surface area contributed by atoms with Gasteiger partial charge < -0.3 is 5.32 Å². The summed E-state index contributed by atoms with van der Waals surface area (Å²) in [5, 5.41) is 5.54. The van der Waals surface area contributed by atoms with Gasteiger partial charge in [-0.2, -0.15) is 0 Å². The van der Waals surface area contributed by atoms with Crippen LogP contribution in [0.2, 0.25) is 0 Å². The molecule has 0 saturated carbocycles. The number of hydrogen-bond acceptors (Lipinski definition) is 3. The molecule has 76 valence electrons. The molecule has 0 aliphatic rings. The molecule has 14 heavy (non-hydrogen) atoms. The van der Waals surface area contributed by atoms with Gasteiger partial charge in [-0.1, -0.05) is 11.8 Å². The highest BCUT2D eigenvalue weighted by Gasteiger charge is 1.97. The lowest BCUT2D eigenvalue weighted by atomic mass is 10.5. The fourth-order valence-electron chi connectivity index (χ4n) is 0.704. The van der Waals surface area contributed by atoms with Crippen LogP contribution in [0.1, 0.15) is 0 Å². The quantitative estimate of drug-likeness (QED) is 0.447. The largest absolute Gasteiger partial charge is 0.354 e. The maximum Gasteiger partial charge on any atom is 0.234 e. The van der Waals surface area contributed by atoms with Gasteiger partial charge in [0.25, 0.3) is 0 Å². The normalized spacial score (nSPS) is 8.71. The molecule has 0 heterocycles. The van der Waals surface area contributed by atoms with E-state index in [4.69, 9.17) is 12.8 Å². The third-order valence-corrected chi connectivity index (χ3v) is 2.13. The molecule has 0 bridgehead atoms. The second-order valence-corrected chi connectivity index (χ2v) is 3.52. The van der Waals surface area contributed by atoms with Crippen molar-refractivity contribution in [3.8, 4) is 24.7 Å². The number of amides is 1. The standard InChI is InChI=1S/C10H14N2OS/c1-3-5-11-9-10(13)12-6-8-14-7-4-2/h1-2,11H,5-9H2,(H,12,13). The van der Waals surface area contributed by atoms with Gasteiger partial charge in [0.05, 0.1) is 18.8 Å². The predicted molar refractivity (Wildman–Crippen MR) is 60.9 cm³/mol. The van der Waals surface area contributed by atoms with Crippen LogP contribution in [0.3, 0.4) is 0 Å². The molecule has 0 rings (SSSR count). The molecule has 0 unspecified atom stereocenters. The second-order valence-electron chi connectivity index (χ2n) is 2.41. The molecule has 0 radical (unpaired) electrons. The van der Waals surface area contributed by atoms with Crippen LogP contribution in [-0.4, -0.2) is 37.0 Å². The number of nitrogens with one attached hydrogen (secondary N) is 2. The maximum absolute atomic E-state index is 11.1. The van der Waals surface area contributed by atoms with Gasteiger partial charge in [-0.25, -0.2) is 0 Å². The van der Waals surface area contributed by atoms with Crippen LogP contribution >= 0.6 is 11.8 Å². The van der Waals surface area contributed by atoms with E-state index >= 15 is 0 Å². The van der Waals surface area contributed by atoms with Gasteiger partial charge in [-0.3, -0.25) is 10.1 Å². The predicted octanol–water partition coefficient (Wildman–Crippen LogP) is -0.308. The first-order chi connectivity index (χ1) is 6.81. The topological polar surface area (TPSA) is 41.1 Å². The minimum Gasteiger partial charge on any atom is -0.354 e. The van der Waals surface area contributed by atoms with Crippen LogP contribution in [0.15, 0.2) is 0 Å². The molecule has 4 heteroatoms. The Balaban J connectivity index is 3.20. The number of terminal acetylenes is 2. The van der Waals surface area contributed by atoms with E-state index in [1.807, 2.05) is 0 Å². The number of carbonyl (C=O) groups excluding carboxylic acids is 1. The summed E-state index contributed by atoms with van der Waals surface area (Å²) < 4.78 is 0. The smallest absolute Gasteiger partial charge is 0.234 e. The molecule has 0 atom stereocenters. The summed E-state index contributed by atoms with van der Waals surface area (Å²) in [7, 11) is 0. The van der Waals surface area contributed by atoms with Crippen molar-refractivity contribution < 1.29 is 4.79 Å². The summed E-state index contributed by atoms with van der Waals surface area (Å²) in [6.45, 7) is 1.33. The van der Waals surface area contributed by atoms with E-state index in [1.165, 1.54) is 0 Å². The fourth-order valence-corrected chi connectivity index (χ4v) is 1.21. The van der Waals surface area contributed by atoms with E-state index in [2.05, 4.69) is 22.5 Å². The van der Waals surface area contributed by atoms with Gasteiger partial charge in [-0.15, -0.1) is 24.6 Å². The van der Waals surface area contributed by atoms with Crippen molar-refractivity contribution >= 4 is 17.7 Å². The first kappa shape index (κ1) is 12.9. The van der Waals surface area contributed by atoms with Crippen molar-refractivity contribution in [3.63, 3.8) is 0 Å². The number of rotatable bonds is 7. The molecular formula is C10H14N2OS. The highest BCUT2D eigenvalue weighted by atomic mass is 32.2. The van der Waals surface area contributed by atoms with Crippen molar-refractivity contribution in [2.75, 3.05) is 31.1 Å².